The first kappa shape index (κ1) is 16.9. The Morgan fingerprint density at radius 3 is 2.96 bits per heavy atom. The van der Waals surface area contributed by atoms with E-state index in [1.165, 1.54) is 6.33 Å². The van der Waals surface area contributed by atoms with E-state index in [1.54, 1.807) is 29.2 Å². The van der Waals surface area contributed by atoms with Gasteiger partial charge in [-0.15, -0.1) is 0 Å². The molecule has 3 aromatic heterocycles. The Morgan fingerprint density at radius 2 is 2.04 bits per heavy atom. The van der Waals surface area contributed by atoms with Gasteiger partial charge in [0.1, 0.15) is 0 Å². The molecule has 1 amide bonds. The van der Waals surface area contributed by atoms with Gasteiger partial charge in [0.05, 0.1) is 41.9 Å². The number of hydrogen-bond acceptors (Lipinski definition) is 5. The zero-order valence-corrected chi connectivity index (χ0v) is 14.6. The fraction of sp³-hybridized carbons (Fsp3) is 0.211. The molecule has 1 aromatic carbocycles. The van der Waals surface area contributed by atoms with Crippen molar-refractivity contribution in [2.24, 2.45) is 0 Å². The summed E-state index contributed by atoms with van der Waals surface area (Å²) in [6, 6.07) is 7.24. The van der Waals surface area contributed by atoms with Crippen LogP contribution in [-0.2, 0) is 17.9 Å². The molecule has 4 rings (SSSR count). The van der Waals surface area contributed by atoms with Crippen molar-refractivity contribution in [3.05, 3.63) is 71.4 Å². The molecule has 0 spiro atoms. The molecular formula is C19H18N6O2. The van der Waals surface area contributed by atoms with Crippen LogP contribution >= 0.6 is 0 Å². The monoisotopic (exact) mass is 362 g/mol. The Morgan fingerprint density at radius 1 is 1.15 bits per heavy atom. The topological polar surface area (TPSA) is 94.2 Å². The van der Waals surface area contributed by atoms with E-state index in [0.29, 0.717) is 36.8 Å². The fourth-order valence-corrected chi connectivity index (χ4v) is 2.98. The number of para-hydroxylation sites is 1. The second-order valence-corrected chi connectivity index (χ2v) is 6.19. The van der Waals surface area contributed by atoms with Gasteiger partial charge in [0, 0.05) is 25.4 Å². The number of imidazole rings is 1. The average Bonchev–Trinajstić information content (AvgIpc) is 3.11. The summed E-state index contributed by atoms with van der Waals surface area (Å²) in [6.45, 7) is 0.840. The summed E-state index contributed by atoms with van der Waals surface area (Å²) in [5, 5.41) is 3.47. The standard InChI is InChI=1S/C19H18N6O2/c26-18(22-11-14-10-21-17-12-20-7-9-25(14)17)6-3-8-24-13-23-16-5-2-1-4-15(16)19(24)27/h1-2,4-5,7,9-10,12-13H,3,6,8,11H2,(H,22,26). The maximum absolute atomic E-state index is 12.4. The van der Waals surface area contributed by atoms with Gasteiger partial charge in [0.2, 0.25) is 5.91 Å². The minimum Gasteiger partial charge on any atom is -0.350 e. The number of aryl methyl sites for hydroxylation is 1. The fourth-order valence-electron chi connectivity index (χ4n) is 2.98. The Kier molecular flexibility index (Phi) is 4.61. The molecule has 4 aromatic rings. The normalized spacial score (nSPS) is 11.1. The zero-order chi connectivity index (χ0) is 18.6. The van der Waals surface area contributed by atoms with Gasteiger partial charge in [-0.1, -0.05) is 12.1 Å². The van der Waals surface area contributed by atoms with Crippen molar-refractivity contribution in [1.82, 2.24) is 29.2 Å². The molecule has 0 aliphatic rings. The van der Waals surface area contributed by atoms with Crippen molar-refractivity contribution in [3.63, 3.8) is 0 Å². The summed E-state index contributed by atoms with van der Waals surface area (Å²) in [7, 11) is 0. The van der Waals surface area contributed by atoms with Crippen molar-refractivity contribution in [3.8, 4) is 0 Å². The number of nitrogens with one attached hydrogen (secondary N) is 1. The van der Waals surface area contributed by atoms with Gasteiger partial charge in [-0.25, -0.2) is 9.97 Å². The van der Waals surface area contributed by atoms with E-state index >= 15 is 0 Å². The van der Waals surface area contributed by atoms with Gasteiger partial charge in [0.15, 0.2) is 5.65 Å². The van der Waals surface area contributed by atoms with Gasteiger partial charge in [-0.2, -0.15) is 0 Å². The second kappa shape index (κ2) is 7.36. The summed E-state index contributed by atoms with van der Waals surface area (Å²) < 4.78 is 3.43. The lowest BCUT2D eigenvalue weighted by molar-refractivity contribution is -0.121. The number of benzene rings is 1. The third-order valence-electron chi connectivity index (χ3n) is 4.39. The molecule has 0 bridgehead atoms. The third kappa shape index (κ3) is 3.55. The van der Waals surface area contributed by atoms with Crippen molar-refractivity contribution >= 4 is 22.5 Å². The molecule has 8 nitrogen and oxygen atoms in total. The molecule has 136 valence electrons. The van der Waals surface area contributed by atoms with Crippen molar-refractivity contribution < 1.29 is 4.79 Å². The number of nitrogens with zero attached hydrogens (tertiary/aromatic N) is 5. The summed E-state index contributed by atoms with van der Waals surface area (Å²) >= 11 is 0. The van der Waals surface area contributed by atoms with Crippen LogP contribution in [0.5, 0.6) is 0 Å². The molecule has 0 aliphatic heterocycles. The van der Waals surface area contributed by atoms with Gasteiger partial charge < -0.3 is 5.32 Å². The van der Waals surface area contributed by atoms with Crippen LogP contribution in [0, 0.1) is 0 Å². The molecule has 0 fully saturated rings. The number of hydrogen-bond donors (Lipinski definition) is 1. The van der Waals surface area contributed by atoms with Crippen molar-refractivity contribution in [2.45, 2.75) is 25.9 Å². The Labute approximate surface area is 154 Å². The van der Waals surface area contributed by atoms with Gasteiger partial charge in [0.25, 0.3) is 5.56 Å². The first-order valence-corrected chi connectivity index (χ1v) is 8.69. The number of fused-ring (bicyclic) bond motifs is 2. The van der Waals surface area contributed by atoms with Gasteiger partial charge >= 0.3 is 0 Å². The quantitative estimate of drug-likeness (QED) is 0.561. The summed E-state index contributed by atoms with van der Waals surface area (Å²) in [5.74, 6) is -0.0687. The predicted molar refractivity (Wildman–Crippen MR) is 100 cm³/mol. The lowest BCUT2D eigenvalue weighted by Crippen LogP contribution is -2.25. The van der Waals surface area contributed by atoms with E-state index in [0.717, 1.165) is 11.3 Å². The predicted octanol–water partition coefficient (Wildman–Crippen LogP) is 1.54. The van der Waals surface area contributed by atoms with E-state index < -0.39 is 0 Å². The molecule has 0 radical (unpaired) electrons. The van der Waals surface area contributed by atoms with Crippen LogP contribution in [0.2, 0.25) is 0 Å². The molecule has 1 N–H and O–H groups in total. The molecule has 0 aliphatic carbocycles. The highest BCUT2D eigenvalue weighted by Crippen LogP contribution is 2.06. The Balaban J connectivity index is 1.32. The number of aromatic nitrogens is 5. The third-order valence-corrected chi connectivity index (χ3v) is 4.39. The smallest absolute Gasteiger partial charge is 0.261 e. The second-order valence-electron chi connectivity index (χ2n) is 6.19. The van der Waals surface area contributed by atoms with Gasteiger partial charge in [-0.05, 0) is 18.6 Å². The average molecular weight is 362 g/mol. The maximum atomic E-state index is 12.4. The number of rotatable bonds is 6. The van der Waals surface area contributed by atoms with E-state index in [2.05, 4.69) is 20.3 Å². The largest absolute Gasteiger partial charge is 0.350 e. The van der Waals surface area contributed by atoms with E-state index in [1.807, 2.05) is 28.8 Å². The summed E-state index contributed by atoms with van der Waals surface area (Å²) in [5.41, 5.74) is 2.22. The van der Waals surface area contributed by atoms with Crippen LogP contribution in [-0.4, -0.2) is 29.8 Å². The SMILES string of the molecule is O=C(CCCn1cnc2ccccc2c1=O)NCc1cnc2cnccn12. The first-order chi connectivity index (χ1) is 13.2. The molecule has 3 heterocycles. The number of carbonyl (C=O) groups excluding carboxylic acids is 1. The summed E-state index contributed by atoms with van der Waals surface area (Å²) in [4.78, 5) is 37.1. The molecule has 8 heteroatoms. The molecule has 0 atom stereocenters. The van der Waals surface area contributed by atoms with Crippen LogP contribution in [0.3, 0.4) is 0 Å². The number of carbonyl (C=O) groups is 1. The Hall–Kier alpha value is -3.55. The van der Waals surface area contributed by atoms with Crippen molar-refractivity contribution in [1.29, 1.82) is 0 Å². The molecule has 0 saturated heterocycles. The van der Waals surface area contributed by atoms with E-state index in [-0.39, 0.29) is 11.5 Å². The highest BCUT2D eigenvalue weighted by Gasteiger charge is 2.07. The zero-order valence-electron chi connectivity index (χ0n) is 14.6. The van der Waals surface area contributed by atoms with Crippen LogP contribution in [0.15, 0.2) is 60.2 Å². The first-order valence-electron chi connectivity index (χ1n) is 8.69. The van der Waals surface area contributed by atoms with Crippen LogP contribution in [0.25, 0.3) is 16.6 Å². The minimum atomic E-state index is -0.0830. The minimum absolute atomic E-state index is 0.0687. The van der Waals surface area contributed by atoms with Gasteiger partial charge in [-0.3, -0.25) is 23.5 Å². The lowest BCUT2D eigenvalue weighted by atomic mass is 10.2. The van der Waals surface area contributed by atoms with Crippen molar-refractivity contribution in [2.75, 3.05) is 0 Å². The van der Waals surface area contributed by atoms with E-state index in [4.69, 9.17) is 0 Å². The number of amides is 1. The lowest BCUT2D eigenvalue weighted by Gasteiger charge is -2.07. The highest BCUT2D eigenvalue weighted by molar-refractivity contribution is 5.77. The molecule has 0 unspecified atom stereocenters. The molecular weight excluding hydrogens is 344 g/mol. The summed E-state index contributed by atoms with van der Waals surface area (Å²) in [6.07, 6.45) is 9.30. The Bertz CT molecular complexity index is 1160. The van der Waals surface area contributed by atoms with Crippen LogP contribution in [0.1, 0.15) is 18.5 Å². The van der Waals surface area contributed by atoms with Crippen LogP contribution < -0.4 is 10.9 Å². The maximum Gasteiger partial charge on any atom is 0.261 e. The molecule has 0 saturated carbocycles. The molecule has 27 heavy (non-hydrogen) atoms. The highest BCUT2D eigenvalue weighted by atomic mass is 16.1. The van der Waals surface area contributed by atoms with Crippen LogP contribution in [0.4, 0.5) is 0 Å². The van der Waals surface area contributed by atoms with E-state index in [9.17, 15) is 9.59 Å².